The molecule has 0 fully saturated rings. The van der Waals surface area contributed by atoms with Crippen LogP contribution in [-0.4, -0.2) is 37.1 Å². The summed E-state index contributed by atoms with van der Waals surface area (Å²) in [7, 11) is 1.60. The first-order valence-corrected chi connectivity index (χ1v) is 6.80. The first-order valence-electron chi connectivity index (χ1n) is 5.72. The van der Waals surface area contributed by atoms with E-state index in [4.69, 9.17) is 4.74 Å². The number of hydrogen-bond donors (Lipinski definition) is 0. The highest BCUT2D eigenvalue weighted by Crippen LogP contribution is 2.17. The van der Waals surface area contributed by atoms with Crippen LogP contribution in [0.1, 0.15) is 24.2 Å². The molecule has 5 heteroatoms. The number of nitrogens with zero attached hydrogens (tertiary/aromatic N) is 1. The van der Waals surface area contributed by atoms with Crippen molar-refractivity contribution >= 4 is 28.5 Å². The summed E-state index contributed by atoms with van der Waals surface area (Å²) < 4.78 is 18.7. The third-order valence-electron chi connectivity index (χ3n) is 2.58. The fraction of sp³-hybridized carbons (Fsp3) is 0.462. The Morgan fingerprint density at radius 2 is 2.17 bits per heavy atom. The van der Waals surface area contributed by atoms with E-state index in [0.717, 1.165) is 0 Å². The Morgan fingerprint density at radius 3 is 2.67 bits per heavy atom. The number of carbonyl (C=O) groups excluding carboxylic acids is 1. The lowest BCUT2D eigenvalue weighted by Crippen LogP contribution is -2.39. The van der Waals surface area contributed by atoms with Crippen molar-refractivity contribution in [1.29, 1.82) is 0 Å². The van der Waals surface area contributed by atoms with Crippen LogP contribution >= 0.6 is 22.6 Å². The summed E-state index contributed by atoms with van der Waals surface area (Å²) in [4.78, 5) is 14.1. The minimum atomic E-state index is -0.330. The van der Waals surface area contributed by atoms with E-state index < -0.39 is 0 Å². The molecule has 0 saturated heterocycles. The Bertz CT molecular complexity index is 423. The number of halogens is 2. The summed E-state index contributed by atoms with van der Waals surface area (Å²) in [5, 5.41) is 0. The van der Waals surface area contributed by atoms with Crippen molar-refractivity contribution in [3.8, 4) is 0 Å². The number of amides is 1. The first-order chi connectivity index (χ1) is 8.47. The Balaban J connectivity index is 2.94. The van der Waals surface area contributed by atoms with Gasteiger partial charge in [-0.3, -0.25) is 4.79 Å². The zero-order valence-corrected chi connectivity index (χ0v) is 12.9. The largest absolute Gasteiger partial charge is 0.383 e. The number of benzene rings is 1. The Kier molecular flexibility index (Phi) is 6.01. The quantitative estimate of drug-likeness (QED) is 0.751. The van der Waals surface area contributed by atoms with Gasteiger partial charge in [0.05, 0.1) is 12.2 Å². The summed E-state index contributed by atoms with van der Waals surface area (Å²) in [5.74, 6) is -0.421. The molecule has 0 aliphatic rings. The Labute approximate surface area is 120 Å². The summed E-state index contributed by atoms with van der Waals surface area (Å²) >= 11 is 1.98. The van der Waals surface area contributed by atoms with Crippen LogP contribution in [-0.2, 0) is 4.74 Å². The van der Waals surface area contributed by atoms with E-state index in [9.17, 15) is 9.18 Å². The maximum atomic E-state index is 13.0. The van der Waals surface area contributed by atoms with Crippen LogP contribution in [0, 0.1) is 9.39 Å². The number of carbonyl (C=O) groups is 1. The topological polar surface area (TPSA) is 29.5 Å². The van der Waals surface area contributed by atoms with Gasteiger partial charge in [0.15, 0.2) is 0 Å². The molecule has 1 aromatic carbocycles. The lowest BCUT2D eigenvalue weighted by molar-refractivity contribution is 0.0634. The SMILES string of the molecule is COCCN(C(=O)c1ccc(F)cc1I)C(C)C. The molecule has 0 unspecified atom stereocenters. The zero-order valence-electron chi connectivity index (χ0n) is 10.7. The third-order valence-corrected chi connectivity index (χ3v) is 3.47. The van der Waals surface area contributed by atoms with Crippen LogP contribution < -0.4 is 0 Å². The highest BCUT2D eigenvalue weighted by atomic mass is 127. The second-order valence-electron chi connectivity index (χ2n) is 4.21. The number of rotatable bonds is 5. The Hall–Kier alpha value is -0.690. The van der Waals surface area contributed by atoms with E-state index in [0.29, 0.717) is 22.3 Å². The molecule has 0 saturated carbocycles. The van der Waals surface area contributed by atoms with Crippen LogP contribution in [0.4, 0.5) is 4.39 Å². The first kappa shape index (κ1) is 15.4. The molecule has 0 aliphatic heterocycles. The highest BCUT2D eigenvalue weighted by Gasteiger charge is 2.20. The number of hydrogen-bond acceptors (Lipinski definition) is 2. The molecule has 0 heterocycles. The molecule has 3 nitrogen and oxygen atoms in total. The van der Waals surface area contributed by atoms with Crippen molar-refractivity contribution in [3.05, 3.63) is 33.1 Å². The molecule has 0 aliphatic carbocycles. The maximum Gasteiger partial charge on any atom is 0.255 e. The molecule has 0 radical (unpaired) electrons. The molecule has 1 rings (SSSR count). The van der Waals surface area contributed by atoms with Crippen molar-refractivity contribution in [1.82, 2.24) is 4.90 Å². The monoisotopic (exact) mass is 365 g/mol. The minimum Gasteiger partial charge on any atom is -0.383 e. The van der Waals surface area contributed by atoms with Crippen molar-refractivity contribution in [2.45, 2.75) is 19.9 Å². The van der Waals surface area contributed by atoms with Crippen LogP contribution in [0.3, 0.4) is 0 Å². The molecule has 0 aromatic heterocycles. The predicted molar refractivity (Wildman–Crippen MR) is 77.2 cm³/mol. The number of methoxy groups -OCH3 is 1. The predicted octanol–water partition coefficient (Wildman–Crippen LogP) is 2.93. The van der Waals surface area contributed by atoms with Gasteiger partial charge in [0.1, 0.15) is 5.82 Å². The van der Waals surface area contributed by atoms with E-state index in [1.54, 1.807) is 12.0 Å². The maximum absolute atomic E-state index is 13.0. The van der Waals surface area contributed by atoms with Gasteiger partial charge in [-0.15, -0.1) is 0 Å². The van der Waals surface area contributed by atoms with Gasteiger partial charge >= 0.3 is 0 Å². The van der Waals surface area contributed by atoms with Gasteiger partial charge in [-0.25, -0.2) is 4.39 Å². The van der Waals surface area contributed by atoms with Gasteiger partial charge in [-0.05, 0) is 54.6 Å². The molecular formula is C13H17FINO2. The highest BCUT2D eigenvalue weighted by molar-refractivity contribution is 14.1. The average molecular weight is 365 g/mol. The van der Waals surface area contributed by atoms with Crippen LogP contribution in [0.5, 0.6) is 0 Å². The molecule has 0 spiro atoms. The normalized spacial score (nSPS) is 10.8. The molecule has 100 valence electrons. The average Bonchev–Trinajstić information content (AvgIpc) is 2.28. The molecule has 0 N–H and O–H groups in total. The summed E-state index contributed by atoms with van der Waals surface area (Å²) in [6.45, 7) is 4.91. The minimum absolute atomic E-state index is 0.0773. The van der Waals surface area contributed by atoms with Crippen LogP contribution in [0.15, 0.2) is 18.2 Å². The Morgan fingerprint density at radius 1 is 1.50 bits per heavy atom. The molecule has 1 aromatic rings. The van der Waals surface area contributed by atoms with Crippen molar-refractivity contribution in [3.63, 3.8) is 0 Å². The van der Waals surface area contributed by atoms with Gasteiger partial charge in [0.2, 0.25) is 0 Å². The lowest BCUT2D eigenvalue weighted by Gasteiger charge is -2.27. The van der Waals surface area contributed by atoms with E-state index in [-0.39, 0.29) is 17.8 Å². The molecule has 0 atom stereocenters. The van der Waals surface area contributed by atoms with E-state index in [1.807, 2.05) is 36.4 Å². The lowest BCUT2D eigenvalue weighted by atomic mass is 10.1. The zero-order chi connectivity index (χ0) is 13.7. The summed E-state index contributed by atoms with van der Waals surface area (Å²) in [6, 6.07) is 4.28. The van der Waals surface area contributed by atoms with Gasteiger partial charge in [-0.1, -0.05) is 0 Å². The van der Waals surface area contributed by atoms with Gasteiger partial charge in [-0.2, -0.15) is 0 Å². The standard InChI is InChI=1S/C13H17FINO2/c1-9(2)16(6-7-18-3)13(17)11-5-4-10(14)8-12(11)15/h4-5,8-9H,6-7H2,1-3H3. The molecule has 18 heavy (non-hydrogen) atoms. The molecule has 1 amide bonds. The van der Waals surface area contributed by atoms with Gasteiger partial charge < -0.3 is 9.64 Å². The van der Waals surface area contributed by atoms with E-state index >= 15 is 0 Å². The fourth-order valence-corrected chi connectivity index (χ4v) is 2.31. The van der Waals surface area contributed by atoms with Crippen molar-refractivity contribution < 1.29 is 13.9 Å². The molecule has 0 bridgehead atoms. The second kappa shape index (κ2) is 7.04. The van der Waals surface area contributed by atoms with Crippen LogP contribution in [0.2, 0.25) is 0 Å². The molecular weight excluding hydrogens is 348 g/mol. The van der Waals surface area contributed by atoms with Crippen molar-refractivity contribution in [2.24, 2.45) is 0 Å². The third kappa shape index (κ3) is 3.91. The van der Waals surface area contributed by atoms with Gasteiger partial charge in [0.25, 0.3) is 5.91 Å². The van der Waals surface area contributed by atoms with E-state index in [1.165, 1.54) is 18.2 Å². The van der Waals surface area contributed by atoms with Crippen molar-refractivity contribution in [2.75, 3.05) is 20.3 Å². The second-order valence-corrected chi connectivity index (χ2v) is 5.37. The summed E-state index contributed by atoms with van der Waals surface area (Å²) in [6.07, 6.45) is 0. The van der Waals surface area contributed by atoms with Crippen LogP contribution in [0.25, 0.3) is 0 Å². The van der Waals surface area contributed by atoms with Gasteiger partial charge in [0, 0.05) is 23.3 Å². The summed E-state index contributed by atoms with van der Waals surface area (Å²) in [5.41, 5.74) is 0.529. The van der Waals surface area contributed by atoms with E-state index in [2.05, 4.69) is 0 Å². The smallest absolute Gasteiger partial charge is 0.255 e. The fourth-order valence-electron chi connectivity index (χ4n) is 1.60. The number of ether oxygens (including phenoxy) is 1.